The predicted octanol–water partition coefficient (Wildman–Crippen LogP) is 2.94. The van der Waals surface area contributed by atoms with E-state index in [-0.39, 0.29) is 18.1 Å². The number of benzene rings is 2. The molecule has 0 aliphatic heterocycles. The Bertz CT molecular complexity index is 805. The van der Waals surface area contributed by atoms with Crippen LogP contribution in [-0.2, 0) is 4.79 Å². The maximum atomic E-state index is 11.9. The third kappa shape index (κ3) is 4.73. The summed E-state index contributed by atoms with van der Waals surface area (Å²) >= 11 is 0. The van der Waals surface area contributed by atoms with Crippen molar-refractivity contribution in [3.8, 4) is 17.2 Å². The van der Waals surface area contributed by atoms with E-state index < -0.39 is 5.91 Å². The second-order valence-electron chi connectivity index (χ2n) is 5.95. The van der Waals surface area contributed by atoms with Crippen molar-refractivity contribution in [3.63, 3.8) is 0 Å². The number of aryl methyl sites for hydroxylation is 3. The predicted molar refractivity (Wildman–Crippen MR) is 96.3 cm³/mol. The van der Waals surface area contributed by atoms with Gasteiger partial charge in [-0.3, -0.25) is 4.79 Å². The highest BCUT2D eigenvalue weighted by Gasteiger charge is 2.09. The lowest BCUT2D eigenvalue weighted by Crippen LogP contribution is -2.26. The summed E-state index contributed by atoms with van der Waals surface area (Å²) < 4.78 is 5.60. The number of aromatic hydroxyl groups is 2. The van der Waals surface area contributed by atoms with Crippen molar-refractivity contribution >= 4 is 11.6 Å². The van der Waals surface area contributed by atoms with E-state index in [2.05, 4.69) is 10.5 Å². The minimum Gasteiger partial charge on any atom is -0.508 e. The fourth-order valence-corrected chi connectivity index (χ4v) is 2.60. The Balaban J connectivity index is 1.99. The summed E-state index contributed by atoms with van der Waals surface area (Å²) in [6, 6.07) is 8.15. The summed E-state index contributed by atoms with van der Waals surface area (Å²) in [7, 11) is 0. The van der Waals surface area contributed by atoms with E-state index in [0.29, 0.717) is 17.0 Å². The molecule has 132 valence electrons. The number of amides is 1. The molecule has 1 amide bonds. The van der Waals surface area contributed by atoms with Crippen LogP contribution in [0.5, 0.6) is 17.2 Å². The third-order valence-electron chi connectivity index (χ3n) is 3.67. The highest BCUT2D eigenvalue weighted by Crippen LogP contribution is 2.24. The molecular weight excluding hydrogens is 320 g/mol. The molecular formula is C19H22N2O4. The number of carbonyl (C=O) groups is 1. The van der Waals surface area contributed by atoms with Crippen LogP contribution in [0.25, 0.3) is 0 Å². The second-order valence-corrected chi connectivity index (χ2v) is 5.95. The molecule has 0 radical (unpaired) electrons. The number of hydrogen-bond donors (Lipinski definition) is 3. The van der Waals surface area contributed by atoms with Crippen molar-refractivity contribution in [2.75, 3.05) is 6.61 Å². The van der Waals surface area contributed by atoms with Gasteiger partial charge in [0, 0.05) is 11.6 Å². The smallest absolute Gasteiger partial charge is 0.277 e. The van der Waals surface area contributed by atoms with Gasteiger partial charge in [-0.05, 0) is 51.0 Å². The molecule has 0 unspecified atom stereocenters. The molecule has 0 aliphatic carbocycles. The van der Waals surface area contributed by atoms with Crippen LogP contribution in [0.15, 0.2) is 35.4 Å². The number of rotatable bonds is 5. The van der Waals surface area contributed by atoms with Gasteiger partial charge < -0.3 is 14.9 Å². The zero-order chi connectivity index (χ0) is 18.6. The average molecular weight is 342 g/mol. The number of hydrazone groups is 1. The van der Waals surface area contributed by atoms with Crippen LogP contribution in [0.3, 0.4) is 0 Å². The monoisotopic (exact) mass is 342 g/mol. The molecule has 6 heteroatoms. The minimum atomic E-state index is -0.406. The average Bonchev–Trinajstić information content (AvgIpc) is 2.51. The van der Waals surface area contributed by atoms with E-state index in [1.54, 1.807) is 6.92 Å². The third-order valence-corrected chi connectivity index (χ3v) is 3.67. The highest BCUT2D eigenvalue weighted by molar-refractivity contribution is 6.01. The number of hydrogen-bond acceptors (Lipinski definition) is 5. The van der Waals surface area contributed by atoms with Gasteiger partial charge in [0.15, 0.2) is 6.61 Å². The number of phenolic OH excluding ortho intramolecular Hbond substituents is 2. The van der Waals surface area contributed by atoms with E-state index in [9.17, 15) is 15.0 Å². The van der Waals surface area contributed by atoms with Crippen LogP contribution in [-0.4, -0.2) is 28.4 Å². The Morgan fingerprint density at radius 1 is 1.12 bits per heavy atom. The van der Waals surface area contributed by atoms with E-state index in [4.69, 9.17) is 4.74 Å². The van der Waals surface area contributed by atoms with Gasteiger partial charge >= 0.3 is 0 Å². The van der Waals surface area contributed by atoms with Crippen LogP contribution in [0, 0.1) is 20.8 Å². The van der Waals surface area contributed by atoms with Gasteiger partial charge in [0.1, 0.15) is 17.2 Å². The van der Waals surface area contributed by atoms with Crippen molar-refractivity contribution in [3.05, 3.63) is 52.6 Å². The summed E-state index contributed by atoms with van der Waals surface area (Å²) in [5, 5.41) is 23.0. The van der Waals surface area contributed by atoms with Gasteiger partial charge in [0.25, 0.3) is 5.91 Å². The van der Waals surface area contributed by atoms with Crippen molar-refractivity contribution in [1.82, 2.24) is 5.43 Å². The Morgan fingerprint density at radius 3 is 2.36 bits per heavy atom. The largest absolute Gasteiger partial charge is 0.508 e. The van der Waals surface area contributed by atoms with E-state index in [1.165, 1.54) is 18.2 Å². The molecule has 2 aromatic rings. The van der Waals surface area contributed by atoms with E-state index in [1.807, 2.05) is 32.9 Å². The summed E-state index contributed by atoms with van der Waals surface area (Å²) in [6.45, 7) is 7.35. The molecule has 2 aromatic carbocycles. The van der Waals surface area contributed by atoms with Gasteiger partial charge in [0.05, 0.1) is 5.71 Å². The molecule has 0 bridgehead atoms. The molecule has 0 saturated heterocycles. The van der Waals surface area contributed by atoms with Crippen molar-refractivity contribution < 1.29 is 19.7 Å². The molecule has 0 fully saturated rings. The first-order valence-corrected chi connectivity index (χ1v) is 7.84. The highest BCUT2D eigenvalue weighted by atomic mass is 16.5. The molecule has 0 heterocycles. The van der Waals surface area contributed by atoms with Gasteiger partial charge in [-0.15, -0.1) is 0 Å². The van der Waals surface area contributed by atoms with Crippen LogP contribution in [0.1, 0.15) is 29.2 Å². The van der Waals surface area contributed by atoms with Gasteiger partial charge in [-0.25, -0.2) is 5.43 Å². The number of ether oxygens (including phenoxy) is 1. The standard InChI is InChI=1S/C19H22N2O4/c1-11-7-12(2)19(13(3)8-11)25-10-18(24)21-20-14(4)16-6-5-15(22)9-17(16)23/h5-9,22-23H,10H2,1-4H3,(H,21,24)/b20-14-. The first-order valence-electron chi connectivity index (χ1n) is 7.84. The van der Waals surface area contributed by atoms with Gasteiger partial charge in [-0.1, -0.05) is 17.7 Å². The lowest BCUT2D eigenvalue weighted by atomic mass is 10.1. The Kier molecular flexibility index (Phi) is 5.64. The van der Waals surface area contributed by atoms with E-state index in [0.717, 1.165) is 16.7 Å². The Labute approximate surface area is 146 Å². The van der Waals surface area contributed by atoms with Gasteiger partial charge in [-0.2, -0.15) is 5.10 Å². The molecule has 0 aromatic heterocycles. The number of nitrogens with one attached hydrogen (secondary N) is 1. The molecule has 0 spiro atoms. The summed E-state index contributed by atoms with van der Waals surface area (Å²) in [6.07, 6.45) is 0. The van der Waals surface area contributed by atoms with Crippen molar-refractivity contribution in [1.29, 1.82) is 0 Å². The lowest BCUT2D eigenvalue weighted by molar-refractivity contribution is -0.123. The SMILES string of the molecule is C/C(=N/NC(=O)COc1c(C)cc(C)cc1C)c1ccc(O)cc1O. The summed E-state index contributed by atoms with van der Waals surface area (Å²) in [5.74, 6) is 0.127. The van der Waals surface area contributed by atoms with Crippen molar-refractivity contribution in [2.24, 2.45) is 5.10 Å². The molecule has 25 heavy (non-hydrogen) atoms. The van der Waals surface area contributed by atoms with E-state index >= 15 is 0 Å². The molecule has 0 saturated carbocycles. The van der Waals surface area contributed by atoms with Crippen LogP contribution in [0.2, 0.25) is 0 Å². The molecule has 6 nitrogen and oxygen atoms in total. The van der Waals surface area contributed by atoms with Crippen LogP contribution >= 0.6 is 0 Å². The normalized spacial score (nSPS) is 11.3. The first kappa shape index (κ1) is 18.3. The quantitative estimate of drug-likeness (QED) is 0.575. The number of nitrogens with zero attached hydrogens (tertiary/aromatic N) is 1. The fraction of sp³-hybridized carbons (Fsp3) is 0.263. The van der Waals surface area contributed by atoms with Gasteiger partial charge in [0.2, 0.25) is 0 Å². The summed E-state index contributed by atoms with van der Waals surface area (Å²) in [5.41, 5.74) is 6.31. The first-order chi connectivity index (χ1) is 11.8. The Hall–Kier alpha value is -3.02. The molecule has 0 aliphatic rings. The fourth-order valence-electron chi connectivity index (χ4n) is 2.60. The topological polar surface area (TPSA) is 91.2 Å². The lowest BCUT2D eigenvalue weighted by Gasteiger charge is -2.12. The second kappa shape index (κ2) is 7.70. The zero-order valence-electron chi connectivity index (χ0n) is 14.8. The zero-order valence-corrected chi connectivity index (χ0v) is 14.8. The number of phenols is 2. The molecule has 3 N–H and O–H groups in total. The minimum absolute atomic E-state index is 0.0460. The Morgan fingerprint density at radius 2 is 1.76 bits per heavy atom. The maximum Gasteiger partial charge on any atom is 0.277 e. The van der Waals surface area contributed by atoms with Crippen LogP contribution < -0.4 is 10.2 Å². The van der Waals surface area contributed by atoms with Crippen LogP contribution in [0.4, 0.5) is 0 Å². The molecule has 0 atom stereocenters. The van der Waals surface area contributed by atoms with Crippen molar-refractivity contribution in [2.45, 2.75) is 27.7 Å². The molecule has 2 rings (SSSR count). The summed E-state index contributed by atoms with van der Waals surface area (Å²) in [4.78, 5) is 11.9. The maximum absolute atomic E-state index is 11.9. The number of carbonyl (C=O) groups excluding carboxylic acids is 1.